The fourth-order valence-electron chi connectivity index (χ4n) is 2.48. The molecule has 112 valence electrons. The summed E-state index contributed by atoms with van der Waals surface area (Å²) in [6, 6.07) is 16.6. The molecule has 0 saturated carbocycles. The molecule has 3 heteroatoms. The highest BCUT2D eigenvalue weighted by molar-refractivity contribution is 6.30. The first-order valence-electron chi connectivity index (χ1n) is 7.35. The molecule has 1 unspecified atom stereocenters. The summed E-state index contributed by atoms with van der Waals surface area (Å²) >= 11 is 6.08. The maximum Gasteiger partial charge on any atom is 0.123 e. The van der Waals surface area contributed by atoms with E-state index in [1.54, 1.807) is 7.11 Å². The summed E-state index contributed by atoms with van der Waals surface area (Å²) < 4.78 is 5.40. The van der Waals surface area contributed by atoms with E-state index in [4.69, 9.17) is 16.3 Å². The quantitative estimate of drug-likeness (QED) is 0.779. The fourth-order valence-corrected chi connectivity index (χ4v) is 2.67. The van der Waals surface area contributed by atoms with Gasteiger partial charge in [-0.2, -0.15) is 0 Å². The van der Waals surface area contributed by atoms with Gasteiger partial charge in [0.25, 0.3) is 0 Å². The summed E-state index contributed by atoms with van der Waals surface area (Å²) in [5.74, 6) is 0.871. The van der Waals surface area contributed by atoms with E-state index < -0.39 is 0 Å². The number of nitrogens with one attached hydrogen (secondary N) is 1. The Morgan fingerprint density at radius 2 is 1.90 bits per heavy atom. The second kappa shape index (κ2) is 8.06. The number of halogens is 1. The van der Waals surface area contributed by atoms with E-state index in [1.165, 1.54) is 5.56 Å². The van der Waals surface area contributed by atoms with Crippen LogP contribution in [0.1, 0.15) is 36.9 Å². The Morgan fingerprint density at radius 1 is 1.14 bits per heavy atom. The molecule has 1 N–H and O–H groups in total. The summed E-state index contributed by atoms with van der Waals surface area (Å²) in [6.07, 6.45) is 2.24. The van der Waals surface area contributed by atoms with Crippen molar-refractivity contribution in [1.82, 2.24) is 5.32 Å². The van der Waals surface area contributed by atoms with Crippen LogP contribution >= 0.6 is 11.6 Å². The zero-order valence-electron chi connectivity index (χ0n) is 12.6. The number of benzene rings is 2. The minimum atomic E-state index is 0.347. The van der Waals surface area contributed by atoms with Crippen molar-refractivity contribution in [2.24, 2.45) is 0 Å². The van der Waals surface area contributed by atoms with Gasteiger partial charge in [-0.15, -0.1) is 0 Å². The Morgan fingerprint density at radius 3 is 2.57 bits per heavy atom. The van der Waals surface area contributed by atoms with Gasteiger partial charge >= 0.3 is 0 Å². The minimum Gasteiger partial charge on any atom is -0.496 e. The number of rotatable bonds is 7. The molecule has 0 amide bonds. The zero-order valence-corrected chi connectivity index (χ0v) is 13.4. The Hall–Kier alpha value is -1.51. The molecule has 0 aromatic heterocycles. The monoisotopic (exact) mass is 303 g/mol. The van der Waals surface area contributed by atoms with E-state index in [0.717, 1.165) is 35.7 Å². The van der Waals surface area contributed by atoms with Crippen molar-refractivity contribution >= 4 is 11.6 Å². The van der Waals surface area contributed by atoms with E-state index in [-0.39, 0.29) is 0 Å². The number of methoxy groups -OCH3 is 1. The lowest BCUT2D eigenvalue weighted by molar-refractivity contribution is 0.403. The highest BCUT2D eigenvalue weighted by atomic mass is 35.5. The van der Waals surface area contributed by atoms with Crippen LogP contribution in [-0.4, -0.2) is 7.11 Å². The molecule has 0 spiro atoms. The van der Waals surface area contributed by atoms with Gasteiger partial charge in [0.1, 0.15) is 5.75 Å². The standard InChI is InChI=1S/C18H22ClNO/c1-3-7-17(14-8-5-4-6-9-14)20-13-15-12-16(19)10-11-18(15)21-2/h4-6,8-12,17,20H,3,7,13H2,1-2H3. The molecule has 0 bridgehead atoms. The molecule has 2 nitrogen and oxygen atoms in total. The average Bonchev–Trinajstić information content (AvgIpc) is 2.52. The molecule has 0 radical (unpaired) electrons. The maximum absolute atomic E-state index is 6.08. The SMILES string of the molecule is CCCC(NCc1cc(Cl)ccc1OC)c1ccccc1. The summed E-state index contributed by atoms with van der Waals surface area (Å²) in [6.45, 7) is 2.95. The van der Waals surface area contributed by atoms with Crippen LogP contribution < -0.4 is 10.1 Å². The van der Waals surface area contributed by atoms with E-state index in [0.29, 0.717) is 6.04 Å². The topological polar surface area (TPSA) is 21.3 Å². The van der Waals surface area contributed by atoms with Gasteiger partial charge in [0, 0.05) is 23.2 Å². The van der Waals surface area contributed by atoms with E-state index in [1.807, 2.05) is 24.3 Å². The predicted octanol–water partition coefficient (Wildman–Crippen LogP) is 4.98. The van der Waals surface area contributed by atoms with E-state index in [9.17, 15) is 0 Å². The third kappa shape index (κ3) is 4.48. The molecule has 0 fully saturated rings. The Labute approximate surface area is 132 Å². The number of hydrogen-bond donors (Lipinski definition) is 1. The summed E-state index contributed by atoms with van der Waals surface area (Å²) in [5, 5.41) is 4.35. The van der Waals surface area contributed by atoms with Crippen molar-refractivity contribution < 1.29 is 4.74 Å². The van der Waals surface area contributed by atoms with Crippen LogP contribution in [0.15, 0.2) is 48.5 Å². The lowest BCUT2D eigenvalue weighted by atomic mass is 10.0. The molecule has 1 atom stereocenters. The third-order valence-corrected chi connectivity index (χ3v) is 3.80. The van der Waals surface area contributed by atoms with E-state index >= 15 is 0 Å². The fraction of sp³-hybridized carbons (Fsp3) is 0.333. The predicted molar refractivity (Wildman–Crippen MR) is 88.9 cm³/mol. The number of hydrogen-bond acceptors (Lipinski definition) is 2. The third-order valence-electron chi connectivity index (χ3n) is 3.56. The molecular formula is C18H22ClNO. The van der Waals surface area contributed by atoms with Crippen molar-refractivity contribution in [3.63, 3.8) is 0 Å². The Bertz CT molecular complexity index is 556. The normalized spacial score (nSPS) is 12.1. The molecule has 2 aromatic rings. The van der Waals surface area contributed by atoms with Crippen LogP contribution in [0.25, 0.3) is 0 Å². The van der Waals surface area contributed by atoms with Gasteiger partial charge in [-0.3, -0.25) is 0 Å². The van der Waals surface area contributed by atoms with Gasteiger partial charge in [0.2, 0.25) is 0 Å². The molecule has 0 aliphatic rings. The molecule has 0 aliphatic carbocycles. The molecule has 2 aromatic carbocycles. The first kappa shape index (κ1) is 15.9. The van der Waals surface area contributed by atoms with Crippen molar-refractivity contribution in [3.05, 3.63) is 64.7 Å². The van der Waals surface area contributed by atoms with Crippen molar-refractivity contribution in [2.75, 3.05) is 7.11 Å². The molecule has 0 heterocycles. The average molecular weight is 304 g/mol. The van der Waals surface area contributed by atoms with E-state index in [2.05, 4.69) is 36.5 Å². The van der Waals surface area contributed by atoms with Crippen LogP contribution in [0.4, 0.5) is 0 Å². The summed E-state index contributed by atoms with van der Waals surface area (Å²) in [5.41, 5.74) is 2.40. The highest BCUT2D eigenvalue weighted by Gasteiger charge is 2.11. The molecule has 21 heavy (non-hydrogen) atoms. The van der Waals surface area contributed by atoms with Gasteiger partial charge < -0.3 is 10.1 Å². The van der Waals surface area contributed by atoms with Crippen LogP contribution in [0, 0.1) is 0 Å². The van der Waals surface area contributed by atoms with Gasteiger partial charge in [-0.25, -0.2) is 0 Å². The van der Waals surface area contributed by atoms with Crippen LogP contribution in [-0.2, 0) is 6.54 Å². The summed E-state index contributed by atoms with van der Waals surface area (Å²) in [4.78, 5) is 0. The van der Waals surface area contributed by atoms with Gasteiger partial charge in [-0.1, -0.05) is 55.3 Å². The maximum atomic E-state index is 6.08. The molecule has 0 aliphatic heterocycles. The molecule has 2 rings (SSSR count). The summed E-state index contributed by atoms with van der Waals surface area (Å²) in [7, 11) is 1.69. The van der Waals surface area contributed by atoms with Crippen molar-refractivity contribution in [1.29, 1.82) is 0 Å². The molecular weight excluding hydrogens is 282 g/mol. The van der Waals surface area contributed by atoms with Gasteiger partial charge in [0.15, 0.2) is 0 Å². The van der Waals surface area contributed by atoms with Gasteiger partial charge in [-0.05, 0) is 30.2 Å². The second-order valence-corrected chi connectivity index (χ2v) is 5.53. The minimum absolute atomic E-state index is 0.347. The van der Waals surface area contributed by atoms with Crippen LogP contribution in [0.5, 0.6) is 5.75 Å². The number of ether oxygens (including phenoxy) is 1. The first-order valence-corrected chi connectivity index (χ1v) is 7.73. The smallest absolute Gasteiger partial charge is 0.123 e. The highest BCUT2D eigenvalue weighted by Crippen LogP contribution is 2.24. The van der Waals surface area contributed by atoms with Crippen LogP contribution in [0.2, 0.25) is 5.02 Å². The van der Waals surface area contributed by atoms with Crippen molar-refractivity contribution in [2.45, 2.75) is 32.4 Å². The zero-order chi connectivity index (χ0) is 15.1. The first-order chi connectivity index (χ1) is 10.2. The lowest BCUT2D eigenvalue weighted by Gasteiger charge is -2.19. The van der Waals surface area contributed by atoms with Crippen LogP contribution in [0.3, 0.4) is 0 Å². The Balaban J connectivity index is 2.10. The van der Waals surface area contributed by atoms with Gasteiger partial charge in [0.05, 0.1) is 7.11 Å². The van der Waals surface area contributed by atoms with Crippen molar-refractivity contribution in [3.8, 4) is 5.75 Å². The largest absolute Gasteiger partial charge is 0.496 e. The Kier molecular flexibility index (Phi) is 6.09. The second-order valence-electron chi connectivity index (χ2n) is 5.09. The lowest BCUT2D eigenvalue weighted by Crippen LogP contribution is -2.21. The molecule has 0 saturated heterocycles.